The van der Waals surface area contributed by atoms with E-state index in [1.54, 1.807) is 0 Å². The molecule has 0 aromatic rings. The predicted molar refractivity (Wildman–Crippen MR) is 73.4 cm³/mol. The number of nitrogens with one attached hydrogen (secondary N) is 1. The standard InChI is InChI=1S/C12H26ClN.ClH/c1-2-3-4-5-6-7-8-9-11-14-12-10-13;/h14H,2-12H2,1H3;1H. The first-order valence-corrected chi connectivity index (χ1v) is 6.72. The molecular weight excluding hydrogens is 229 g/mol. The molecule has 15 heavy (non-hydrogen) atoms. The summed E-state index contributed by atoms with van der Waals surface area (Å²) in [7, 11) is 0. The van der Waals surface area contributed by atoms with Crippen LogP contribution in [0.5, 0.6) is 0 Å². The monoisotopic (exact) mass is 255 g/mol. The van der Waals surface area contributed by atoms with Gasteiger partial charge in [-0.2, -0.15) is 0 Å². The molecule has 0 atom stereocenters. The van der Waals surface area contributed by atoms with Crippen LogP contribution in [0, 0.1) is 0 Å². The van der Waals surface area contributed by atoms with Gasteiger partial charge in [0.05, 0.1) is 0 Å². The molecule has 0 saturated carbocycles. The maximum atomic E-state index is 5.55. The lowest BCUT2D eigenvalue weighted by Gasteiger charge is -2.02. The van der Waals surface area contributed by atoms with Gasteiger partial charge in [-0.3, -0.25) is 0 Å². The first-order valence-electron chi connectivity index (χ1n) is 6.18. The van der Waals surface area contributed by atoms with Crippen LogP contribution in [0.15, 0.2) is 0 Å². The lowest BCUT2D eigenvalue weighted by atomic mass is 10.1. The number of alkyl halides is 1. The van der Waals surface area contributed by atoms with Gasteiger partial charge in [0.2, 0.25) is 0 Å². The van der Waals surface area contributed by atoms with Gasteiger partial charge in [-0.15, -0.1) is 24.0 Å². The fraction of sp³-hybridized carbons (Fsp3) is 1.00. The van der Waals surface area contributed by atoms with Crippen molar-refractivity contribution in [3.63, 3.8) is 0 Å². The molecule has 0 saturated heterocycles. The van der Waals surface area contributed by atoms with Gasteiger partial charge in [-0.05, 0) is 13.0 Å². The molecular formula is C12H27Cl2N. The van der Waals surface area contributed by atoms with Gasteiger partial charge >= 0.3 is 0 Å². The summed E-state index contributed by atoms with van der Waals surface area (Å²) in [5.74, 6) is 0.733. The van der Waals surface area contributed by atoms with Crippen molar-refractivity contribution in [1.29, 1.82) is 0 Å². The highest BCUT2D eigenvalue weighted by Gasteiger charge is 1.91. The van der Waals surface area contributed by atoms with Gasteiger partial charge in [0.25, 0.3) is 0 Å². The van der Waals surface area contributed by atoms with Crippen LogP contribution in [0.1, 0.15) is 58.3 Å². The largest absolute Gasteiger partial charge is 0.316 e. The molecule has 0 unspecified atom stereocenters. The van der Waals surface area contributed by atoms with Gasteiger partial charge in [0.15, 0.2) is 0 Å². The van der Waals surface area contributed by atoms with Crippen molar-refractivity contribution in [2.24, 2.45) is 0 Å². The Labute approximate surface area is 107 Å². The molecule has 0 bridgehead atoms. The van der Waals surface area contributed by atoms with Crippen LogP contribution in [0.4, 0.5) is 0 Å². The average molecular weight is 256 g/mol. The Morgan fingerprint density at radius 3 is 1.87 bits per heavy atom. The summed E-state index contributed by atoms with van der Waals surface area (Å²) in [6.07, 6.45) is 11.2. The zero-order valence-electron chi connectivity index (χ0n) is 10.1. The van der Waals surface area contributed by atoms with Crippen molar-refractivity contribution in [2.75, 3.05) is 19.0 Å². The molecule has 0 fully saturated rings. The molecule has 0 aliphatic heterocycles. The van der Waals surface area contributed by atoms with Gasteiger partial charge < -0.3 is 5.32 Å². The highest BCUT2D eigenvalue weighted by molar-refractivity contribution is 6.18. The number of unbranched alkanes of at least 4 members (excludes halogenated alkanes) is 7. The van der Waals surface area contributed by atoms with Crippen LogP contribution in [0.2, 0.25) is 0 Å². The normalized spacial score (nSPS) is 10.0. The molecule has 3 heteroatoms. The molecule has 0 aliphatic rings. The van der Waals surface area contributed by atoms with E-state index in [0.717, 1.165) is 19.0 Å². The topological polar surface area (TPSA) is 12.0 Å². The maximum absolute atomic E-state index is 5.55. The molecule has 1 N–H and O–H groups in total. The number of rotatable bonds is 11. The van der Waals surface area contributed by atoms with Crippen LogP contribution in [-0.2, 0) is 0 Å². The van der Waals surface area contributed by atoms with Crippen molar-refractivity contribution >= 4 is 24.0 Å². The zero-order chi connectivity index (χ0) is 10.5. The van der Waals surface area contributed by atoms with Crippen molar-refractivity contribution in [3.05, 3.63) is 0 Å². The van der Waals surface area contributed by atoms with Crippen LogP contribution in [0.3, 0.4) is 0 Å². The molecule has 0 heterocycles. The fourth-order valence-electron chi connectivity index (χ4n) is 1.58. The Hall–Kier alpha value is 0.540. The Kier molecular flexibility index (Phi) is 20.3. The Balaban J connectivity index is 0. The summed E-state index contributed by atoms with van der Waals surface area (Å²) in [4.78, 5) is 0. The van der Waals surface area contributed by atoms with Gasteiger partial charge in [-0.1, -0.05) is 51.9 Å². The van der Waals surface area contributed by atoms with Crippen LogP contribution in [0.25, 0.3) is 0 Å². The van der Waals surface area contributed by atoms with E-state index in [1.807, 2.05) is 0 Å². The van der Waals surface area contributed by atoms with Crippen LogP contribution in [-0.4, -0.2) is 19.0 Å². The van der Waals surface area contributed by atoms with Crippen molar-refractivity contribution in [3.8, 4) is 0 Å². The van der Waals surface area contributed by atoms with E-state index >= 15 is 0 Å². The molecule has 1 nitrogen and oxygen atoms in total. The van der Waals surface area contributed by atoms with E-state index in [9.17, 15) is 0 Å². The predicted octanol–water partition coefficient (Wildman–Crippen LogP) is 4.38. The highest BCUT2D eigenvalue weighted by atomic mass is 35.5. The second-order valence-corrected chi connectivity index (χ2v) is 4.29. The lowest BCUT2D eigenvalue weighted by molar-refractivity contribution is 0.560. The van der Waals surface area contributed by atoms with Crippen molar-refractivity contribution < 1.29 is 0 Å². The minimum absolute atomic E-state index is 0. The highest BCUT2D eigenvalue weighted by Crippen LogP contribution is 2.07. The summed E-state index contributed by atoms with van der Waals surface area (Å²) >= 11 is 5.55. The summed E-state index contributed by atoms with van der Waals surface area (Å²) in [6, 6.07) is 0. The maximum Gasteiger partial charge on any atom is 0.0348 e. The third-order valence-corrected chi connectivity index (χ3v) is 2.67. The zero-order valence-corrected chi connectivity index (χ0v) is 11.6. The molecule has 0 aliphatic carbocycles. The summed E-state index contributed by atoms with van der Waals surface area (Å²) < 4.78 is 0. The summed E-state index contributed by atoms with van der Waals surface area (Å²) in [6.45, 7) is 4.36. The second-order valence-electron chi connectivity index (χ2n) is 3.91. The third kappa shape index (κ3) is 17.2. The molecule has 0 radical (unpaired) electrons. The Morgan fingerprint density at radius 2 is 1.33 bits per heavy atom. The lowest BCUT2D eigenvalue weighted by Crippen LogP contribution is -2.17. The average Bonchev–Trinajstić information content (AvgIpc) is 2.21. The van der Waals surface area contributed by atoms with Crippen molar-refractivity contribution in [2.45, 2.75) is 58.3 Å². The first kappa shape index (κ1) is 17.9. The van der Waals surface area contributed by atoms with Gasteiger partial charge in [0, 0.05) is 12.4 Å². The minimum Gasteiger partial charge on any atom is -0.316 e. The smallest absolute Gasteiger partial charge is 0.0348 e. The van der Waals surface area contributed by atoms with Crippen molar-refractivity contribution in [1.82, 2.24) is 5.32 Å². The van der Waals surface area contributed by atoms with E-state index in [1.165, 1.54) is 51.4 Å². The molecule has 0 aromatic heterocycles. The summed E-state index contributed by atoms with van der Waals surface area (Å²) in [5, 5.41) is 3.31. The van der Waals surface area contributed by atoms with E-state index in [-0.39, 0.29) is 12.4 Å². The Bertz CT molecular complexity index is 87.6. The van der Waals surface area contributed by atoms with E-state index in [2.05, 4.69) is 12.2 Å². The third-order valence-electron chi connectivity index (χ3n) is 2.48. The second kappa shape index (κ2) is 17.0. The molecule has 0 aromatic carbocycles. The minimum atomic E-state index is 0. The van der Waals surface area contributed by atoms with E-state index < -0.39 is 0 Å². The SMILES string of the molecule is CCCCCCCCCCNCCCl.Cl. The molecule has 0 spiro atoms. The quantitative estimate of drug-likeness (QED) is 0.427. The molecule has 0 rings (SSSR count). The van der Waals surface area contributed by atoms with Crippen LogP contribution < -0.4 is 5.32 Å². The van der Waals surface area contributed by atoms with E-state index in [4.69, 9.17) is 11.6 Å². The van der Waals surface area contributed by atoms with Gasteiger partial charge in [-0.25, -0.2) is 0 Å². The number of hydrogen-bond acceptors (Lipinski definition) is 1. The fourth-order valence-corrected chi connectivity index (χ4v) is 1.71. The molecule has 94 valence electrons. The van der Waals surface area contributed by atoms with E-state index in [0.29, 0.717) is 0 Å². The number of halogens is 2. The first-order chi connectivity index (χ1) is 6.91. The summed E-state index contributed by atoms with van der Waals surface area (Å²) in [5.41, 5.74) is 0. The van der Waals surface area contributed by atoms with Crippen LogP contribution >= 0.6 is 24.0 Å². The number of hydrogen-bond donors (Lipinski definition) is 1. The van der Waals surface area contributed by atoms with Gasteiger partial charge in [0.1, 0.15) is 0 Å². The molecule has 0 amide bonds. The Morgan fingerprint density at radius 1 is 0.800 bits per heavy atom.